The molecule has 10 heteroatoms. The number of nitrogens with zero attached hydrogens (tertiary/aromatic N) is 1. The van der Waals surface area contributed by atoms with Crippen LogP contribution in [0.15, 0.2) is 109 Å². The van der Waals surface area contributed by atoms with Crippen LogP contribution in [0.1, 0.15) is 136 Å². The monoisotopic (exact) mass is 842 g/mol. The van der Waals surface area contributed by atoms with Crippen molar-refractivity contribution >= 4 is 19.8 Å². The van der Waals surface area contributed by atoms with E-state index in [0.29, 0.717) is 30.3 Å². The Labute approximate surface area is 359 Å². The number of carbonyl (C=O) groups excluding carboxylic acids is 2. The number of allylic oxidation sites excluding steroid dienone is 18. The van der Waals surface area contributed by atoms with Crippen molar-refractivity contribution in [3.63, 3.8) is 0 Å². The SMILES string of the molecule is CC/C=C\C/C=C\C/C=C\C/C=C\C/C=C\C/C=C\C/C=C\C/C=C\C/C=C\CCCC(=O)OC(COC(=O)CCCCCCCC)COP(=O)([O-])OCC[N+](C)(C)C. The van der Waals surface area contributed by atoms with Gasteiger partial charge in [0.1, 0.15) is 19.8 Å². The minimum absolute atomic E-state index is 0.0476. The van der Waals surface area contributed by atoms with Gasteiger partial charge in [-0.1, -0.05) is 155 Å². The van der Waals surface area contributed by atoms with Crippen LogP contribution < -0.4 is 4.89 Å². The van der Waals surface area contributed by atoms with Gasteiger partial charge in [-0.15, -0.1) is 0 Å². The van der Waals surface area contributed by atoms with Gasteiger partial charge in [0.15, 0.2) is 6.10 Å². The summed E-state index contributed by atoms with van der Waals surface area (Å²) in [6.07, 6.45) is 54.6. The van der Waals surface area contributed by atoms with Gasteiger partial charge in [0.05, 0.1) is 27.7 Å². The molecule has 0 aromatic heterocycles. The number of rotatable bonds is 38. The molecular weight excluding hydrogens is 762 g/mol. The molecule has 0 rings (SSSR count). The number of ether oxygens (including phenoxy) is 2. The summed E-state index contributed by atoms with van der Waals surface area (Å²) in [5.74, 6) is -0.927. The largest absolute Gasteiger partial charge is 0.756 e. The third-order valence-corrected chi connectivity index (χ3v) is 9.52. The molecule has 0 spiro atoms. The topological polar surface area (TPSA) is 111 Å². The first-order chi connectivity index (χ1) is 28.5. The van der Waals surface area contributed by atoms with Crippen molar-refractivity contribution < 1.29 is 42.1 Å². The molecule has 0 saturated carbocycles. The number of hydrogen-bond acceptors (Lipinski definition) is 8. The van der Waals surface area contributed by atoms with Crippen LogP contribution in [0.25, 0.3) is 0 Å². The van der Waals surface area contributed by atoms with Gasteiger partial charge < -0.3 is 27.9 Å². The van der Waals surface area contributed by atoms with Crippen LogP contribution in [0.3, 0.4) is 0 Å². The van der Waals surface area contributed by atoms with Crippen molar-refractivity contribution in [1.29, 1.82) is 0 Å². The smallest absolute Gasteiger partial charge is 0.306 e. The highest BCUT2D eigenvalue weighted by Crippen LogP contribution is 2.38. The summed E-state index contributed by atoms with van der Waals surface area (Å²) in [6, 6.07) is 0. The van der Waals surface area contributed by atoms with Crippen LogP contribution in [0.4, 0.5) is 0 Å². The average molecular weight is 842 g/mol. The molecular formula is C49H80NO8P. The van der Waals surface area contributed by atoms with E-state index in [0.717, 1.165) is 83.5 Å². The lowest BCUT2D eigenvalue weighted by Crippen LogP contribution is -2.37. The number of likely N-dealkylation sites (N-methyl/N-ethyl adjacent to an activating group) is 1. The molecule has 0 radical (unpaired) electrons. The Kier molecular flexibility index (Phi) is 37.8. The molecule has 2 unspecified atom stereocenters. The van der Waals surface area contributed by atoms with Gasteiger partial charge in [-0.3, -0.25) is 14.2 Å². The summed E-state index contributed by atoms with van der Waals surface area (Å²) in [5, 5.41) is 0. The molecule has 334 valence electrons. The molecule has 0 aromatic rings. The Morgan fingerprint density at radius 1 is 0.542 bits per heavy atom. The predicted molar refractivity (Wildman–Crippen MR) is 245 cm³/mol. The standard InChI is InChI=1S/C49H80NO8P/c1-6-8-10-12-14-15-16-17-18-19-20-21-22-23-24-25-26-27-28-29-30-31-32-33-34-35-36-38-40-42-49(52)58-47(45-55-48(51)41-39-37-13-11-9-7-2)46-57-59(53,54)56-44-43-50(3,4)5/h8,10,14-15,17-18,20-21,23-24,26-27,29-30,32-33,35-36,47H,6-7,9,11-13,16,19,22,25,28,31,34,37-46H2,1-5H3/b10-8-,15-14-,18-17-,21-20-,24-23-,27-26-,30-29-,33-32-,36-35-. The Hall–Kier alpha value is -3.33. The summed E-state index contributed by atoms with van der Waals surface area (Å²) in [4.78, 5) is 37.2. The maximum absolute atomic E-state index is 12.6. The van der Waals surface area contributed by atoms with E-state index in [9.17, 15) is 19.0 Å². The molecule has 0 fully saturated rings. The van der Waals surface area contributed by atoms with E-state index in [1.807, 2.05) is 27.2 Å². The van der Waals surface area contributed by atoms with Crippen molar-refractivity contribution in [1.82, 2.24) is 0 Å². The average Bonchev–Trinajstić information content (AvgIpc) is 3.19. The third-order valence-electron chi connectivity index (χ3n) is 8.56. The minimum Gasteiger partial charge on any atom is -0.756 e. The van der Waals surface area contributed by atoms with Crippen molar-refractivity contribution in [2.75, 3.05) is 47.5 Å². The van der Waals surface area contributed by atoms with E-state index < -0.39 is 32.5 Å². The maximum Gasteiger partial charge on any atom is 0.306 e. The van der Waals surface area contributed by atoms with E-state index in [2.05, 4.69) is 117 Å². The Balaban J connectivity index is 4.31. The number of quaternary nitrogens is 1. The van der Waals surface area contributed by atoms with Gasteiger partial charge >= 0.3 is 11.9 Å². The summed E-state index contributed by atoms with van der Waals surface area (Å²) in [5.41, 5.74) is 0. The van der Waals surface area contributed by atoms with E-state index >= 15 is 0 Å². The molecule has 0 bridgehead atoms. The predicted octanol–water partition coefficient (Wildman–Crippen LogP) is 12.1. The molecule has 0 N–H and O–H groups in total. The third kappa shape index (κ3) is 44.1. The maximum atomic E-state index is 12.6. The molecule has 0 aromatic carbocycles. The van der Waals surface area contributed by atoms with E-state index in [1.165, 1.54) is 6.42 Å². The highest BCUT2D eigenvalue weighted by atomic mass is 31.2. The zero-order chi connectivity index (χ0) is 43.6. The lowest BCUT2D eigenvalue weighted by molar-refractivity contribution is -0.870. The minimum atomic E-state index is -4.64. The van der Waals surface area contributed by atoms with Gasteiger partial charge in [0, 0.05) is 12.8 Å². The number of unbranched alkanes of at least 4 members (excludes halogenated alkanes) is 6. The zero-order valence-electron chi connectivity index (χ0n) is 37.4. The molecule has 2 atom stereocenters. The van der Waals surface area contributed by atoms with Crippen LogP contribution in [0.5, 0.6) is 0 Å². The summed E-state index contributed by atoms with van der Waals surface area (Å²) < 4.78 is 33.6. The number of hydrogen-bond donors (Lipinski definition) is 0. The first kappa shape index (κ1) is 55.7. The summed E-state index contributed by atoms with van der Waals surface area (Å²) in [7, 11) is 1.11. The van der Waals surface area contributed by atoms with Crippen molar-refractivity contribution in [2.45, 2.75) is 142 Å². The van der Waals surface area contributed by atoms with Crippen LogP contribution in [-0.2, 0) is 32.7 Å². The number of phosphoric ester groups is 1. The normalized spacial score (nSPS) is 14.6. The van der Waals surface area contributed by atoms with Gasteiger partial charge in [-0.25, -0.2) is 0 Å². The fourth-order valence-electron chi connectivity index (χ4n) is 5.12. The lowest BCUT2D eigenvalue weighted by Gasteiger charge is -2.28. The molecule has 0 heterocycles. The van der Waals surface area contributed by atoms with Gasteiger partial charge in [-0.2, -0.15) is 0 Å². The number of phosphoric acid groups is 1. The summed E-state index contributed by atoms with van der Waals surface area (Å²) >= 11 is 0. The highest BCUT2D eigenvalue weighted by Gasteiger charge is 2.21. The van der Waals surface area contributed by atoms with Crippen molar-refractivity contribution in [3.05, 3.63) is 109 Å². The molecule has 9 nitrogen and oxygen atoms in total. The molecule has 59 heavy (non-hydrogen) atoms. The molecule has 0 saturated heterocycles. The van der Waals surface area contributed by atoms with E-state index in [4.69, 9.17) is 18.5 Å². The van der Waals surface area contributed by atoms with Crippen LogP contribution in [-0.4, -0.2) is 70.0 Å². The lowest BCUT2D eigenvalue weighted by atomic mass is 10.1. The van der Waals surface area contributed by atoms with Gasteiger partial charge in [-0.05, 0) is 77.0 Å². The quantitative estimate of drug-likeness (QED) is 0.0199. The Morgan fingerprint density at radius 2 is 0.966 bits per heavy atom. The second-order valence-electron chi connectivity index (χ2n) is 15.3. The zero-order valence-corrected chi connectivity index (χ0v) is 38.3. The second-order valence-corrected chi connectivity index (χ2v) is 16.7. The van der Waals surface area contributed by atoms with Crippen molar-refractivity contribution in [2.24, 2.45) is 0 Å². The molecule has 0 aliphatic carbocycles. The summed E-state index contributed by atoms with van der Waals surface area (Å²) in [6.45, 7) is 3.93. The Morgan fingerprint density at radius 3 is 1.42 bits per heavy atom. The van der Waals surface area contributed by atoms with Gasteiger partial charge in [0.2, 0.25) is 0 Å². The van der Waals surface area contributed by atoms with Gasteiger partial charge in [0.25, 0.3) is 7.82 Å². The molecule has 0 aliphatic heterocycles. The van der Waals surface area contributed by atoms with Crippen LogP contribution in [0, 0.1) is 0 Å². The van der Waals surface area contributed by atoms with Crippen LogP contribution in [0.2, 0.25) is 0 Å². The fourth-order valence-corrected chi connectivity index (χ4v) is 5.85. The highest BCUT2D eigenvalue weighted by molar-refractivity contribution is 7.45. The first-order valence-electron chi connectivity index (χ1n) is 22.1. The van der Waals surface area contributed by atoms with E-state index in [-0.39, 0.29) is 26.1 Å². The van der Waals surface area contributed by atoms with Crippen LogP contribution >= 0.6 is 7.82 Å². The number of esters is 2. The Bertz CT molecular complexity index is 1370. The molecule has 0 aliphatic rings. The van der Waals surface area contributed by atoms with Crippen molar-refractivity contribution in [3.8, 4) is 0 Å². The first-order valence-corrected chi connectivity index (χ1v) is 23.6. The second kappa shape index (κ2) is 40.1. The number of carbonyl (C=O) groups is 2. The fraction of sp³-hybridized carbons (Fsp3) is 0.592. The van der Waals surface area contributed by atoms with E-state index in [1.54, 1.807) is 0 Å². The molecule has 0 amide bonds.